The smallest absolute Gasteiger partial charge is 0.332 e. The minimum Gasteiger partial charge on any atom is -0.363 e. The predicted octanol–water partition coefficient (Wildman–Crippen LogP) is 0.0861. The lowest BCUT2D eigenvalue weighted by Gasteiger charge is -2.10. The lowest BCUT2D eigenvalue weighted by Crippen LogP contribution is -2.28. The molecule has 1 aromatic heterocycles. The van der Waals surface area contributed by atoms with Crippen molar-refractivity contribution >= 4 is 27.5 Å². The van der Waals surface area contributed by atoms with Crippen LogP contribution in [0.1, 0.15) is 12.6 Å². The second-order valence-electron chi connectivity index (χ2n) is 4.21. The molecular weight excluding hydrogens is 300 g/mol. The number of nitro groups is 1. The Labute approximate surface area is 122 Å². The number of aromatic nitrogens is 2. The van der Waals surface area contributed by atoms with Crippen LogP contribution in [0.2, 0.25) is 0 Å². The van der Waals surface area contributed by atoms with Crippen LogP contribution in [-0.2, 0) is 10.0 Å². The van der Waals surface area contributed by atoms with Gasteiger partial charge < -0.3 is 10.6 Å². The van der Waals surface area contributed by atoms with Gasteiger partial charge in [-0.15, -0.1) is 0 Å². The van der Waals surface area contributed by atoms with Crippen LogP contribution in [0.15, 0.2) is 0 Å². The fourth-order valence-corrected chi connectivity index (χ4v) is 2.04. The molecule has 0 aliphatic rings. The average Bonchev–Trinajstić information content (AvgIpc) is 2.33. The number of sulfonamides is 1. The zero-order valence-corrected chi connectivity index (χ0v) is 12.8. The molecular formula is C10H18N6O4S. The Balaban J connectivity index is 2.89. The minimum absolute atomic E-state index is 0.0544. The maximum atomic E-state index is 11.1. The number of hydrogen-bond donors (Lipinski definition) is 3. The van der Waals surface area contributed by atoms with E-state index in [1.165, 1.54) is 6.92 Å². The van der Waals surface area contributed by atoms with Crippen molar-refractivity contribution in [2.45, 2.75) is 13.8 Å². The minimum atomic E-state index is -3.30. The first-order valence-electron chi connectivity index (χ1n) is 6.20. The lowest BCUT2D eigenvalue weighted by molar-refractivity contribution is -0.385. The molecule has 3 N–H and O–H groups in total. The van der Waals surface area contributed by atoms with Gasteiger partial charge in [-0.1, -0.05) is 0 Å². The zero-order chi connectivity index (χ0) is 16.0. The number of anilines is 2. The van der Waals surface area contributed by atoms with Gasteiger partial charge >= 0.3 is 5.69 Å². The van der Waals surface area contributed by atoms with Crippen molar-refractivity contribution in [1.82, 2.24) is 14.7 Å². The summed E-state index contributed by atoms with van der Waals surface area (Å²) in [5.74, 6) is 0.331. The van der Waals surface area contributed by atoms with Crippen molar-refractivity contribution < 1.29 is 13.3 Å². The fourth-order valence-electron chi connectivity index (χ4n) is 1.56. The highest BCUT2D eigenvalue weighted by molar-refractivity contribution is 7.88. The van der Waals surface area contributed by atoms with Gasteiger partial charge in [-0.2, -0.15) is 4.98 Å². The van der Waals surface area contributed by atoms with Gasteiger partial charge in [-0.3, -0.25) is 10.1 Å². The van der Waals surface area contributed by atoms with Gasteiger partial charge in [0.2, 0.25) is 21.8 Å². The molecule has 0 aliphatic carbocycles. The summed E-state index contributed by atoms with van der Waals surface area (Å²) in [5, 5.41) is 16.7. The van der Waals surface area contributed by atoms with Crippen molar-refractivity contribution in [3.63, 3.8) is 0 Å². The summed E-state index contributed by atoms with van der Waals surface area (Å²) < 4.78 is 24.1. The van der Waals surface area contributed by atoms with Crippen LogP contribution in [0.5, 0.6) is 0 Å². The molecule has 0 spiro atoms. The summed E-state index contributed by atoms with van der Waals surface area (Å²) in [6, 6.07) is 0. The van der Waals surface area contributed by atoms with Crippen LogP contribution in [0.4, 0.5) is 17.5 Å². The van der Waals surface area contributed by atoms with E-state index in [2.05, 4.69) is 25.3 Å². The van der Waals surface area contributed by atoms with E-state index in [-0.39, 0.29) is 36.2 Å². The van der Waals surface area contributed by atoms with E-state index in [0.717, 1.165) is 6.26 Å². The third-order valence-corrected chi connectivity index (χ3v) is 3.09. The molecule has 1 aromatic rings. The van der Waals surface area contributed by atoms with Crippen LogP contribution in [0.25, 0.3) is 0 Å². The summed E-state index contributed by atoms with van der Waals surface area (Å²) in [5.41, 5.74) is 0.000492. The van der Waals surface area contributed by atoms with Gasteiger partial charge in [0.1, 0.15) is 5.69 Å². The van der Waals surface area contributed by atoms with Gasteiger partial charge in [0, 0.05) is 19.6 Å². The maximum Gasteiger partial charge on any atom is 0.332 e. The third kappa shape index (κ3) is 5.47. The van der Waals surface area contributed by atoms with Gasteiger partial charge in [0.25, 0.3) is 0 Å². The Morgan fingerprint density at radius 1 is 1.24 bits per heavy atom. The molecule has 0 saturated carbocycles. The average molecular weight is 318 g/mol. The van der Waals surface area contributed by atoms with E-state index in [1.54, 1.807) is 0 Å². The van der Waals surface area contributed by atoms with Crippen LogP contribution in [-0.4, -0.2) is 49.2 Å². The third-order valence-electron chi connectivity index (χ3n) is 2.36. The van der Waals surface area contributed by atoms with Gasteiger partial charge in [0.05, 0.1) is 11.2 Å². The maximum absolute atomic E-state index is 11.1. The Hall–Kier alpha value is -2.01. The first-order valence-corrected chi connectivity index (χ1v) is 8.09. The molecule has 0 aliphatic heterocycles. The number of aryl methyl sites for hydroxylation is 1. The summed E-state index contributed by atoms with van der Waals surface area (Å²) in [6.07, 6.45) is 1.04. The molecule has 0 radical (unpaired) electrons. The quantitative estimate of drug-likeness (QED) is 0.348. The lowest BCUT2D eigenvalue weighted by atomic mass is 10.3. The molecule has 0 unspecified atom stereocenters. The first kappa shape index (κ1) is 17.0. The molecule has 0 bridgehead atoms. The van der Waals surface area contributed by atoms with E-state index in [4.69, 9.17) is 0 Å². The van der Waals surface area contributed by atoms with Crippen molar-refractivity contribution in [2.24, 2.45) is 0 Å². The van der Waals surface area contributed by atoms with Crippen LogP contribution in [0, 0.1) is 17.0 Å². The zero-order valence-electron chi connectivity index (χ0n) is 12.0. The number of nitrogens with one attached hydrogen (secondary N) is 3. The Morgan fingerprint density at radius 3 is 2.43 bits per heavy atom. The highest BCUT2D eigenvalue weighted by atomic mass is 32.2. The molecule has 21 heavy (non-hydrogen) atoms. The SMILES string of the molecule is CCNc1nc(C)c([N+](=O)[O-])c(NCCNS(C)(=O)=O)n1. The molecule has 0 fully saturated rings. The Bertz CT molecular complexity index is 618. The fraction of sp³-hybridized carbons (Fsp3) is 0.600. The van der Waals surface area contributed by atoms with Crippen LogP contribution >= 0.6 is 0 Å². The predicted molar refractivity (Wildman–Crippen MR) is 78.9 cm³/mol. The summed E-state index contributed by atoms with van der Waals surface area (Å²) >= 11 is 0. The Kier molecular flexibility index (Phi) is 5.79. The largest absolute Gasteiger partial charge is 0.363 e. The molecule has 1 heterocycles. The number of rotatable bonds is 8. The number of hydrogen-bond acceptors (Lipinski definition) is 8. The molecule has 118 valence electrons. The molecule has 0 amide bonds. The molecule has 11 heteroatoms. The van der Waals surface area contributed by atoms with Gasteiger partial charge in [-0.25, -0.2) is 18.1 Å². The Morgan fingerprint density at radius 2 is 1.90 bits per heavy atom. The van der Waals surface area contributed by atoms with E-state index < -0.39 is 14.9 Å². The van der Waals surface area contributed by atoms with E-state index >= 15 is 0 Å². The number of nitrogens with zero attached hydrogens (tertiary/aromatic N) is 3. The van der Waals surface area contributed by atoms with E-state index in [0.29, 0.717) is 6.54 Å². The topological polar surface area (TPSA) is 139 Å². The standard InChI is InChI=1S/C10H18N6O4S/c1-4-11-10-14-7(2)8(16(17)18)9(15-10)12-5-6-13-21(3,19)20/h13H,4-6H2,1-3H3,(H2,11,12,14,15). The first-order chi connectivity index (χ1) is 9.74. The summed E-state index contributed by atoms with van der Waals surface area (Å²) in [4.78, 5) is 18.5. The van der Waals surface area contributed by atoms with E-state index in [9.17, 15) is 18.5 Å². The van der Waals surface area contributed by atoms with Crippen molar-refractivity contribution in [3.05, 3.63) is 15.8 Å². The molecule has 1 rings (SSSR count). The highest BCUT2D eigenvalue weighted by Crippen LogP contribution is 2.26. The van der Waals surface area contributed by atoms with Crippen molar-refractivity contribution in [1.29, 1.82) is 0 Å². The summed E-state index contributed by atoms with van der Waals surface area (Å²) in [6.45, 7) is 4.20. The van der Waals surface area contributed by atoms with Crippen molar-refractivity contribution in [2.75, 3.05) is 36.5 Å². The monoisotopic (exact) mass is 318 g/mol. The molecule has 0 aromatic carbocycles. The highest BCUT2D eigenvalue weighted by Gasteiger charge is 2.21. The van der Waals surface area contributed by atoms with Gasteiger partial charge in [-0.05, 0) is 13.8 Å². The second-order valence-corrected chi connectivity index (χ2v) is 6.04. The molecule has 10 nitrogen and oxygen atoms in total. The second kappa shape index (κ2) is 7.13. The molecule has 0 saturated heterocycles. The normalized spacial score (nSPS) is 11.2. The summed E-state index contributed by atoms with van der Waals surface area (Å²) in [7, 11) is -3.30. The van der Waals surface area contributed by atoms with Gasteiger partial charge in [0.15, 0.2) is 0 Å². The molecule has 0 atom stereocenters. The van der Waals surface area contributed by atoms with Crippen LogP contribution in [0.3, 0.4) is 0 Å². The van der Waals surface area contributed by atoms with Crippen LogP contribution < -0.4 is 15.4 Å². The van der Waals surface area contributed by atoms with Crippen molar-refractivity contribution in [3.8, 4) is 0 Å². The van der Waals surface area contributed by atoms with E-state index in [1.807, 2.05) is 6.92 Å².